The van der Waals surface area contributed by atoms with Crippen LogP contribution in [0.25, 0.3) is 0 Å². The predicted octanol–water partition coefficient (Wildman–Crippen LogP) is 3.91. The Morgan fingerprint density at radius 3 is 2.75 bits per heavy atom. The molecule has 1 aromatic carbocycles. The smallest absolute Gasteiger partial charge is 0.0658 e. The van der Waals surface area contributed by atoms with Crippen molar-refractivity contribution in [3.63, 3.8) is 0 Å². The topological polar surface area (TPSA) is 38.0 Å². The first kappa shape index (κ1) is 11.6. The molecule has 0 aromatic heterocycles. The maximum Gasteiger partial charge on any atom is 0.0658 e. The normalized spacial score (nSPS) is 25.4. The molecule has 2 atom stereocenters. The van der Waals surface area contributed by atoms with Gasteiger partial charge < -0.3 is 11.1 Å². The van der Waals surface area contributed by atoms with E-state index in [4.69, 9.17) is 17.3 Å². The lowest BCUT2D eigenvalue weighted by Crippen LogP contribution is -2.30. The molecule has 1 aliphatic carbocycles. The Kier molecular flexibility index (Phi) is 3.59. The van der Waals surface area contributed by atoms with E-state index >= 15 is 0 Å². The van der Waals surface area contributed by atoms with Gasteiger partial charge in [-0.15, -0.1) is 0 Å². The molecule has 1 aliphatic rings. The van der Waals surface area contributed by atoms with Gasteiger partial charge in [0.2, 0.25) is 0 Å². The molecule has 16 heavy (non-hydrogen) atoms. The molecule has 1 aromatic rings. The lowest BCUT2D eigenvalue weighted by atomic mass is 9.86. The molecule has 0 spiro atoms. The second-order valence-electron chi connectivity index (χ2n) is 4.75. The minimum Gasteiger partial charge on any atom is -0.399 e. The molecule has 1 saturated carbocycles. The third kappa shape index (κ3) is 2.62. The fourth-order valence-corrected chi connectivity index (χ4v) is 2.62. The van der Waals surface area contributed by atoms with Gasteiger partial charge in [-0.1, -0.05) is 31.4 Å². The number of halogens is 1. The second-order valence-corrected chi connectivity index (χ2v) is 5.16. The highest BCUT2D eigenvalue weighted by molar-refractivity contribution is 6.33. The molecule has 2 unspecified atom stereocenters. The number of nitrogens with one attached hydrogen (secondary N) is 1. The number of benzene rings is 1. The molecule has 2 nitrogen and oxygen atoms in total. The van der Waals surface area contributed by atoms with E-state index in [2.05, 4.69) is 12.2 Å². The first-order chi connectivity index (χ1) is 7.66. The molecule has 3 heteroatoms. The van der Waals surface area contributed by atoms with Gasteiger partial charge in [0, 0.05) is 11.7 Å². The van der Waals surface area contributed by atoms with Crippen molar-refractivity contribution >= 4 is 23.0 Å². The molecule has 3 N–H and O–H groups in total. The van der Waals surface area contributed by atoms with E-state index < -0.39 is 0 Å². The van der Waals surface area contributed by atoms with Crippen LogP contribution in [0.1, 0.15) is 32.6 Å². The Hall–Kier alpha value is -0.890. The Morgan fingerprint density at radius 1 is 1.31 bits per heavy atom. The van der Waals surface area contributed by atoms with Crippen molar-refractivity contribution in [2.24, 2.45) is 5.92 Å². The molecule has 0 aliphatic heterocycles. The van der Waals surface area contributed by atoms with E-state index in [0.717, 1.165) is 16.6 Å². The summed E-state index contributed by atoms with van der Waals surface area (Å²) < 4.78 is 0. The predicted molar refractivity (Wildman–Crippen MR) is 70.9 cm³/mol. The van der Waals surface area contributed by atoms with Crippen LogP contribution >= 0.6 is 11.6 Å². The van der Waals surface area contributed by atoms with E-state index in [1.807, 2.05) is 12.1 Å². The van der Waals surface area contributed by atoms with Gasteiger partial charge in [0.25, 0.3) is 0 Å². The van der Waals surface area contributed by atoms with Crippen molar-refractivity contribution in [2.75, 3.05) is 11.1 Å². The van der Waals surface area contributed by atoms with Gasteiger partial charge in [-0.25, -0.2) is 0 Å². The number of rotatable bonds is 2. The molecular weight excluding hydrogens is 220 g/mol. The Labute approximate surface area is 102 Å². The van der Waals surface area contributed by atoms with Crippen LogP contribution in [-0.2, 0) is 0 Å². The summed E-state index contributed by atoms with van der Waals surface area (Å²) >= 11 is 6.15. The number of anilines is 2. The molecule has 0 radical (unpaired) electrons. The van der Waals surface area contributed by atoms with E-state index in [9.17, 15) is 0 Å². The third-order valence-corrected chi connectivity index (χ3v) is 3.76. The monoisotopic (exact) mass is 238 g/mol. The van der Waals surface area contributed by atoms with Crippen molar-refractivity contribution in [1.82, 2.24) is 0 Å². The van der Waals surface area contributed by atoms with E-state index in [0.29, 0.717) is 11.7 Å². The van der Waals surface area contributed by atoms with Gasteiger partial charge in [-0.05, 0) is 37.0 Å². The number of nitrogens with two attached hydrogens (primary N) is 1. The highest BCUT2D eigenvalue weighted by Crippen LogP contribution is 2.30. The fourth-order valence-electron chi connectivity index (χ4n) is 2.38. The zero-order valence-corrected chi connectivity index (χ0v) is 10.4. The van der Waals surface area contributed by atoms with Crippen LogP contribution in [-0.4, -0.2) is 6.04 Å². The van der Waals surface area contributed by atoms with Crippen LogP contribution in [0.15, 0.2) is 18.2 Å². The number of hydrogen-bond donors (Lipinski definition) is 2. The minimum atomic E-state index is 0.551. The molecular formula is C13H19ClN2. The van der Waals surface area contributed by atoms with Crippen molar-refractivity contribution in [3.8, 4) is 0 Å². The van der Waals surface area contributed by atoms with Crippen LogP contribution in [0.3, 0.4) is 0 Å². The summed E-state index contributed by atoms with van der Waals surface area (Å²) in [6.45, 7) is 2.31. The zero-order chi connectivity index (χ0) is 11.5. The lowest BCUT2D eigenvalue weighted by molar-refractivity contribution is 0.349. The average Bonchev–Trinajstić information content (AvgIpc) is 2.25. The Bertz CT molecular complexity index is 365. The van der Waals surface area contributed by atoms with Crippen molar-refractivity contribution < 1.29 is 0 Å². The van der Waals surface area contributed by atoms with Gasteiger partial charge >= 0.3 is 0 Å². The SMILES string of the molecule is CC1CCCCC1Nc1ccc(N)cc1Cl. The summed E-state index contributed by atoms with van der Waals surface area (Å²) in [5.74, 6) is 0.724. The standard InChI is InChI=1S/C13H19ClN2/c1-9-4-2-3-5-12(9)16-13-7-6-10(15)8-11(13)14/h6-9,12,16H,2-5,15H2,1H3. The number of nitrogen functional groups attached to an aromatic ring is 1. The summed E-state index contributed by atoms with van der Waals surface area (Å²) in [5.41, 5.74) is 7.40. The largest absolute Gasteiger partial charge is 0.399 e. The summed E-state index contributed by atoms with van der Waals surface area (Å²) in [6, 6.07) is 6.22. The van der Waals surface area contributed by atoms with Crippen LogP contribution in [0.2, 0.25) is 5.02 Å². The highest BCUT2D eigenvalue weighted by atomic mass is 35.5. The molecule has 0 bridgehead atoms. The highest BCUT2D eigenvalue weighted by Gasteiger charge is 2.21. The molecule has 88 valence electrons. The Balaban J connectivity index is 2.07. The Morgan fingerprint density at radius 2 is 2.06 bits per heavy atom. The van der Waals surface area contributed by atoms with Crippen LogP contribution in [0, 0.1) is 5.92 Å². The first-order valence-corrected chi connectivity index (χ1v) is 6.36. The molecule has 2 rings (SSSR count). The first-order valence-electron chi connectivity index (χ1n) is 5.98. The maximum absolute atomic E-state index is 6.15. The van der Waals surface area contributed by atoms with Crippen LogP contribution < -0.4 is 11.1 Å². The second kappa shape index (κ2) is 4.96. The fraction of sp³-hybridized carbons (Fsp3) is 0.538. The average molecular weight is 239 g/mol. The molecule has 0 amide bonds. The summed E-state index contributed by atoms with van der Waals surface area (Å²) in [4.78, 5) is 0. The maximum atomic E-state index is 6.15. The van der Waals surface area contributed by atoms with Crippen molar-refractivity contribution in [3.05, 3.63) is 23.2 Å². The molecule has 1 fully saturated rings. The summed E-state index contributed by atoms with van der Waals surface area (Å²) in [7, 11) is 0. The van der Waals surface area contributed by atoms with Crippen LogP contribution in [0.5, 0.6) is 0 Å². The summed E-state index contributed by atoms with van der Waals surface area (Å²) in [5, 5.41) is 4.26. The van der Waals surface area contributed by atoms with Gasteiger partial charge in [0.05, 0.1) is 10.7 Å². The minimum absolute atomic E-state index is 0.551. The van der Waals surface area contributed by atoms with E-state index in [1.165, 1.54) is 25.7 Å². The van der Waals surface area contributed by atoms with Gasteiger partial charge in [0.15, 0.2) is 0 Å². The quantitative estimate of drug-likeness (QED) is 0.767. The third-order valence-electron chi connectivity index (χ3n) is 3.45. The van der Waals surface area contributed by atoms with Crippen molar-refractivity contribution in [2.45, 2.75) is 38.6 Å². The summed E-state index contributed by atoms with van der Waals surface area (Å²) in [6.07, 6.45) is 5.22. The molecule has 0 heterocycles. The van der Waals surface area contributed by atoms with E-state index in [-0.39, 0.29) is 0 Å². The van der Waals surface area contributed by atoms with Gasteiger partial charge in [0.1, 0.15) is 0 Å². The molecule has 0 saturated heterocycles. The lowest BCUT2D eigenvalue weighted by Gasteiger charge is -2.30. The van der Waals surface area contributed by atoms with Gasteiger partial charge in [-0.3, -0.25) is 0 Å². The number of hydrogen-bond acceptors (Lipinski definition) is 2. The van der Waals surface area contributed by atoms with Crippen LogP contribution in [0.4, 0.5) is 11.4 Å². The zero-order valence-electron chi connectivity index (χ0n) is 9.67. The van der Waals surface area contributed by atoms with E-state index in [1.54, 1.807) is 6.07 Å². The van der Waals surface area contributed by atoms with Crippen molar-refractivity contribution in [1.29, 1.82) is 0 Å². The van der Waals surface area contributed by atoms with Gasteiger partial charge in [-0.2, -0.15) is 0 Å².